The molecule has 1 fully saturated rings. The van der Waals surface area contributed by atoms with Crippen LogP contribution in [0, 0.1) is 11.6 Å². The first-order valence-electron chi connectivity index (χ1n) is 6.35. The Balaban J connectivity index is 1.69. The van der Waals surface area contributed by atoms with Gasteiger partial charge in [0.05, 0.1) is 19.8 Å². The van der Waals surface area contributed by atoms with Gasteiger partial charge in [-0.15, -0.1) is 0 Å². The number of nitrogens with zero attached hydrogens (tertiary/aromatic N) is 1. The molecule has 1 saturated heterocycles. The minimum absolute atomic E-state index is 0.0352. The molecular weight excluding hydrogens is 270 g/mol. The van der Waals surface area contributed by atoms with E-state index in [0.29, 0.717) is 26.3 Å². The van der Waals surface area contributed by atoms with Gasteiger partial charge < -0.3 is 19.7 Å². The van der Waals surface area contributed by atoms with E-state index in [1.165, 1.54) is 6.07 Å². The van der Waals surface area contributed by atoms with Gasteiger partial charge >= 0.3 is 6.03 Å². The van der Waals surface area contributed by atoms with E-state index in [1.807, 2.05) is 0 Å². The molecule has 1 aliphatic rings. The molecule has 1 heterocycles. The number of benzene rings is 1. The second-order valence-corrected chi connectivity index (χ2v) is 4.25. The molecule has 2 rings (SSSR count). The lowest BCUT2D eigenvalue weighted by Crippen LogP contribution is -2.47. The van der Waals surface area contributed by atoms with Gasteiger partial charge in [0.15, 0.2) is 11.6 Å². The second-order valence-electron chi connectivity index (χ2n) is 4.25. The summed E-state index contributed by atoms with van der Waals surface area (Å²) in [5.41, 5.74) is 0. The smallest absolute Gasteiger partial charge is 0.317 e. The second kappa shape index (κ2) is 7.04. The quantitative estimate of drug-likeness (QED) is 0.851. The molecule has 0 saturated carbocycles. The molecule has 2 amide bonds. The first kappa shape index (κ1) is 14.5. The summed E-state index contributed by atoms with van der Waals surface area (Å²) < 4.78 is 36.2. The van der Waals surface area contributed by atoms with Crippen molar-refractivity contribution in [1.82, 2.24) is 10.2 Å². The van der Waals surface area contributed by atoms with Crippen LogP contribution in [0.15, 0.2) is 18.2 Å². The van der Waals surface area contributed by atoms with E-state index in [4.69, 9.17) is 9.47 Å². The normalized spacial score (nSPS) is 15.0. The Kier molecular flexibility index (Phi) is 5.11. The van der Waals surface area contributed by atoms with E-state index >= 15 is 0 Å². The maximum absolute atomic E-state index is 13.3. The molecule has 1 aliphatic heterocycles. The van der Waals surface area contributed by atoms with Crippen LogP contribution in [0.1, 0.15) is 0 Å². The Hall–Kier alpha value is -1.89. The van der Waals surface area contributed by atoms with Gasteiger partial charge in [0.1, 0.15) is 12.4 Å². The first-order valence-corrected chi connectivity index (χ1v) is 6.35. The average molecular weight is 286 g/mol. The Bertz CT molecular complexity index is 465. The summed E-state index contributed by atoms with van der Waals surface area (Å²) in [6, 6.07) is 2.89. The van der Waals surface area contributed by atoms with Crippen LogP contribution < -0.4 is 10.1 Å². The van der Waals surface area contributed by atoms with Crippen molar-refractivity contribution >= 4 is 6.03 Å². The van der Waals surface area contributed by atoms with E-state index in [9.17, 15) is 13.6 Å². The zero-order valence-corrected chi connectivity index (χ0v) is 10.9. The Labute approximate surface area is 115 Å². The first-order chi connectivity index (χ1) is 9.66. The topological polar surface area (TPSA) is 50.8 Å². The molecule has 1 aromatic carbocycles. The van der Waals surface area contributed by atoms with Crippen LogP contribution in [0.5, 0.6) is 5.75 Å². The fourth-order valence-electron chi connectivity index (χ4n) is 1.79. The molecule has 1 aromatic rings. The largest absolute Gasteiger partial charge is 0.489 e. The number of rotatable bonds is 4. The molecule has 0 radical (unpaired) electrons. The molecule has 0 spiro atoms. The molecule has 0 unspecified atom stereocenters. The van der Waals surface area contributed by atoms with Crippen molar-refractivity contribution in [3.05, 3.63) is 29.8 Å². The molecule has 7 heteroatoms. The van der Waals surface area contributed by atoms with Gasteiger partial charge in [-0.2, -0.15) is 0 Å². The third kappa shape index (κ3) is 4.06. The number of nitrogens with one attached hydrogen (secondary N) is 1. The van der Waals surface area contributed by atoms with Crippen LogP contribution in [0.2, 0.25) is 0 Å². The zero-order valence-electron chi connectivity index (χ0n) is 10.9. The SMILES string of the molecule is O=C(NCCOc1ccc(F)cc1F)N1CCOCC1. The molecule has 0 aromatic heterocycles. The predicted molar refractivity (Wildman–Crippen MR) is 67.6 cm³/mol. The highest BCUT2D eigenvalue weighted by Crippen LogP contribution is 2.17. The molecule has 0 bridgehead atoms. The summed E-state index contributed by atoms with van der Waals surface area (Å²) in [6.45, 7) is 2.53. The van der Waals surface area contributed by atoms with Crippen LogP contribution in [-0.4, -0.2) is 50.4 Å². The van der Waals surface area contributed by atoms with E-state index in [0.717, 1.165) is 12.1 Å². The monoisotopic (exact) mass is 286 g/mol. The summed E-state index contributed by atoms with van der Waals surface area (Å²) in [5.74, 6) is -1.45. The highest BCUT2D eigenvalue weighted by Gasteiger charge is 2.15. The summed E-state index contributed by atoms with van der Waals surface area (Å²) >= 11 is 0. The van der Waals surface area contributed by atoms with Crippen molar-refractivity contribution in [2.45, 2.75) is 0 Å². The van der Waals surface area contributed by atoms with Crippen molar-refractivity contribution in [2.24, 2.45) is 0 Å². The van der Waals surface area contributed by atoms with Crippen LogP contribution in [0.4, 0.5) is 13.6 Å². The number of ether oxygens (including phenoxy) is 2. The van der Waals surface area contributed by atoms with Crippen molar-refractivity contribution in [3.63, 3.8) is 0 Å². The molecule has 110 valence electrons. The van der Waals surface area contributed by atoms with Crippen LogP contribution in [-0.2, 0) is 4.74 Å². The van der Waals surface area contributed by atoms with E-state index < -0.39 is 11.6 Å². The van der Waals surface area contributed by atoms with Gasteiger partial charge in [-0.05, 0) is 12.1 Å². The van der Waals surface area contributed by atoms with Crippen molar-refractivity contribution in [3.8, 4) is 5.75 Å². The Morgan fingerprint density at radius 2 is 2.10 bits per heavy atom. The van der Waals surface area contributed by atoms with Crippen molar-refractivity contribution in [1.29, 1.82) is 0 Å². The summed E-state index contributed by atoms with van der Waals surface area (Å²) in [7, 11) is 0. The minimum Gasteiger partial charge on any atom is -0.489 e. The standard InChI is InChI=1S/C13H16F2N2O3/c14-10-1-2-12(11(15)9-10)20-6-3-16-13(18)17-4-7-19-8-5-17/h1-2,9H,3-8H2,(H,16,18). The van der Waals surface area contributed by atoms with Gasteiger partial charge in [0.2, 0.25) is 0 Å². The molecule has 20 heavy (non-hydrogen) atoms. The third-order valence-electron chi connectivity index (χ3n) is 2.83. The number of carbonyl (C=O) groups excluding carboxylic acids is 1. The molecule has 0 aliphatic carbocycles. The average Bonchev–Trinajstić information content (AvgIpc) is 2.46. The number of amides is 2. The molecule has 0 atom stereocenters. The highest BCUT2D eigenvalue weighted by molar-refractivity contribution is 5.74. The molecule has 5 nitrogen and oxygen atoms in total. The lowest BCUT2D eigenvalue weighted by atomic mass is 10.3. The van der Waals surface area contributed by atoms with Gasteiger partial charge in [-0.25, -0.2) is 13.6 Å². The van der Waals surface area contributed by atoms with Crippen LogP contribution in [0.25, 0.3) is 0 Å². The summed E-state index contributed by atoms with van der Waals surface area (Å²) in [4.78, 5) is 13.3. The number of halogens is 2. The third-order valence-corrected chi connectivity index (χ3v) is 2.83. The Morgan fingerprint density at radius 3 is 2.80 bits per heavy atom. The Morgan fingerprint density at radius 1 is 1.35 bits per heavy atom. The lowest BCUT2D eigenvalue weighted by Gasteiger charge is -2.26. The number of urea groups is 1. The van der Waals surface area contributed by atoms with Gasteiger partial charge in [-0.1, -0.05) is 0 Å². The minimum atomic E-state index is -0.760. The number of morpholine rings is 1. The van der Waals surface area contributed by atoms with Crippen molar-refractivity contribution < 1.29 is 23.0 Å². The molecular formula is C13H16F2N2O3. The van der Waals surface area contributed by atoms with Crippen molar-refractivity contribution in [2.75, 3.05) is 39.5 Å². The van der Waals surface area contributed by atoms with Gasteiger partial charge in [0, 0.05) is 19.2 Å². The van der Waals surface area contributed by atoms with Gasteiger partial charge in [0.25, 0.3) is 0 Å². The fourth-order valence-corrected chi connectivity index (χ4v) is 1.79. The van der Waals surface area contributed by atoms with E-state index in [1.54, 1.807) is 4.90 Å². The van der Waals surface area contributed by atoms with E-state index in [-0.39, 0.29) is 24.9 Å². The van der Waals surface area contributed by atoms with Gasteiger partial charge in [-0.3, -0.25) is 0 Å². The predicted octanol–water partition coefficient (Wildman–Crippen LogP) is 1.39. The van der Waals surface area contributed by atoms with Crippen LogP contribution >= 0.6 is 0 Å². The summed E-state index contributed by atoms with van der Waals surface area (Å²) in [6.07, 6.45) is 0. The number of carbonyl (C=O) groups is 1. The molecule has 1 N–H and O–H groups in total. The maximum atomic E-state index is 13.3. The maximum Gasteiger partial charge on any atom is 0.317 e. The summed E-state index contributed by atoms with van der Waals surface area (Å²) in [5, 5.41) is 2.66. The lowest BCUT2D eigenvalue weighted by molar-refractivity contribution is 0.0530. The van der Waals surface area contributed by atoms with Crippen LogP contribution in [0.3, 0.4) is 0 Å². The van der Waals surface area contributed by atoms with E-state index in [2.05, 4.69) is 5.32 Å². The fraction of sp³-hybridized carbons (Fsp3) is 0.462. The zero-order chi connectivity index (χ0) is 14.4. The highest BCUT2D eigenvalue weighted by atomic mass is 19.1. The number of hydrogen-bond donors (Lipinski definition) is 1. The number of hydrogen-bond acceptors (Lipinski definition) is 3.